The molecular weight excluding hydrogens is 264 g/mol. The van der Waals surface area contributed by atoms with Crippen molar-refractivity contribution in [2.24, 2.45) is 0 Å². The van der Waals surface area contributed by atoms with Crippen LogP contribution >= 0.6 is 15.9 Å². The molecule has 1 unspecified atom stereocenters. The summed E-state index contributed by atoms with van der Waals surface area (Å²) < 4.78 is 5.63. The van der Waals surface area contributed by atoms with Crippen molar-refractivity contribution in [2.45, 2.75) is 44.4 Å². The van der Waals surface area contributed by atoms with Crippen LogP contribution in [0.2, 0.25) is 0 Å². The minimum absolute atomic E-state index is 0.474. The molecule has 0 aromatic heterocycles. The average Bonchev–Trinajstić information content (AvgIpc) is 2.30. The number of alkyl halides is 1. The Kier molecular flexibility index (Phi) is 6.55. The van der Waals surface area contributed by atoms with E-state index in [9.17, 15) is 0 Å². The zero-order valence-electron chi connectivity index (χ0n) is 10.2. The minimum atomic E-state index is 0.474. The molecule has 0 saturated heterocycles. The maximum Gasteiger partial charge on any atom is 0.119 e. The van der Waals surface area contributed by atoms with E-state index < -0.39 is 0 Å². The molecule has 0 aliphatic heterocycles. The van der Waals surface area contributed by atoms with Crippen LogP contribution in [0.5, 0.6) is 5.75 Å². The first-order chi connectivity index (χ1) is 7.77. The number of ether oxygens (including phenoxy) is 1. The summed E-state index contributed by atoms with van der Waals surface area (Å²) >= 11 is 3.69. The van der Waals surface area contributed by atoms with E-state index in [1.165, 1.54) is 24.8 Å². The van der Waals surface area contributed by atoms with E-state index in [1.54, 1.807) is 0 Å². The van der Waals surface area contributed by atoms with Crippen LogP contribution in [0, 0.1) is 0 Å². The first kappa shape index (κ1) is 13.6. The van der Waals surface area contributed by atoms with E-state index in [-0.39, 0.29) is 0 Å². The van der Waals surface area contributed by atoms with Gasteiger partial charge in [-0.2, -0.15) is 0 Å². The number of hydrogen-bond donors (Lipinski definition) is 0. The Morgan fingerprint density at radius 1 is 1.12 bits per heavy atom. The second-order valence-corrected chi connectivity index (χ2v) is 5.13. The molecule has 1 aromatic rings. The lowest BCUT2D eigenvalue weighted by Crippen LogP contribution is -1.96. The van der Waals surface area contributed by atoms with Gasteiger partial charge in [-0.1, -0.05) is 54.8 Å². The van der Waals surface area contributed by atoms with Gasteiger partial charge in [0.05, 0.1) is 6.61 Å². The Balaban J connectivity index is 2.47. The molecule has 0 aliphatic carbocycles. The Morgan fingerprint density at radius 3 is 2.38 bits per heavy atom. The lowest BCUT2D eigenvalue weighted by atomic mass is 10.1. The second kappa shape index (κ2) is 7.72. The van der Waals surface area contributed by atoms with Crippen LogP contribution in [0.4, 0.5) is 0 Å². The van der Waals surface area contributed by atoms with Crippen molar-refractivity contribution in [2.75, 3.05) is 6.61 Å². The van der Waals surface area contributed by atoms with Crippen LogP contribution in [-0.2, 0) is 0 Å². The maximum absolute atomic E-state index is 5.63. The van der Waals surface area contributed by atoms with Gasteiger partial charge in [0.15, 0.2) is 0 Å². The highest BCUT2D eigenvalue weighted by Gasteiger charge is 2.05. The van der Waals surface area contributed by atoms with Gasteiger partial charge < -0.3 is 4.74 Å². The van der Waals surface area contributed by atoms with Crippen molar-refractivity contribution in [3.8, 4) is 5.75 Å². The van der Waals surface area contributed by atoms with Gasteiger partial charge in [0.25, 0.3) is 0 Å². The van der Waals surface area contributed by atoms with Crippen LogP contribution in [0.15, 0.2) is 24.3 Å². The number of halogens is 1. The first-order valence-electron chi connectivity index (χ1n) is 6.14. The summed E-state index contributed by atoms with van der Waals surface area (Å²) in [6.07, 6.45) is 4.68. The molecule has 0 spiro atoms. The highest BCUT2D eigenvalue weighted by molar-refractivity contribution is 9.09. The third-order valence-corrected chi connectivity index (χ3v) is 3.54. The summed E-state index contributed by atoms with van der Waals surface area (Å²) in [4.78, 5) is 0.474. The quantitative estimate of drug-likeness (QED) is 0.500. The maximum atomic E-state index is 5.63. The van der Waals surface area contributed by atoms with Crippen LogP contribution < -0.4 is 4.74 Å². The largest absolute Gasteiger partial charge is 0.494 e. The van der Waals surface area contributed by atoms with Crippen molar-refractivity contribution < 1.29 is 4.74 Å². The number of rotatable bonds is 7. The van der Waals surface area contributed by atoms with Crippen molar-refractivity contribution >= 4 is 15.9 Å². The van der Waals surface area contributed by atoms with Crippen LogP contribution in [0.1, 0.15) is 49.9 Å². The van der Waals surface area contributed by atoms with Crippen molar-refractivity contribution in [3.05, 3.63) is 29.8 Å². The fourth-order valence-corrected chi connectivity index (χ4v) is 2.29. The summed E-state index contributed by atoms with van der Waals surface area (Å²) in [5.74, 6) is 0.980. The summed E-state index contributed by atoms with van der Waals surface area (Å²) in [6, 6.07) is 8.43. The molecule has 1 rings (SSSR count). The number of benzene rings is 1. The summed E-state index contributed by atoms with van der Waals surface area (Å²) in [5.41, 5.74) is 1.34. The zero-order chi connectivity index (χ0) is 11.8. The van der Waals surface area contributed by atoms with E-state index in [2.05, 4.69) is 54.0 Å². The smallest absolute Gasteiger partial charge is 0.119 e. The van der Waals surface area contributed by atoms with E-state index in [0.717, 1.165) is 18.8 Å². The molecule has 1 nitrogen and oxygen atoms in total. The van der Waals surface area contributed by atoms with E-state index in [0.29, 0.717) is 4.83 Å². The summed E-state index contributed by atoms with van der Waals surface area (Å²) in [6.45, 7) is 5.20. The van der Waals surface area contributed by atoms with Gasteiger partial charge in [-0.05, 0) is 30.5 Å². The van der Waals surface area contributed by atoms with Gasteiger partial charge in [0.2, 0.25) is 0 Å². The van der Waals surface area contributed by atoms with Gasteiger partial charge in [0.1, 0.15) is 5.75 Å². The fraction of sp³-hybridized carbons (Fsp3) is 0.571. The molecule has 16 heavy (non-hydrogen) atoms. The van der Waals surface area contributed by atoms with E-state index in [1.807, 2.05) is 0 Å². The summed E-state index contributed by atoms with van der Waals surface area (Å²) in [7, 11) is 0. The predicted molar refractivity (Wildman–Crippen MR) is 73.4 cm³/mol. The predicted octanol–water partition coefficient (Wildman–Crippen LogP) is 5.10. The molecule has 0 amide bonds. The molecular formula is C14H21BrO. The van der Waals surface area contributed by atoms with Crippen molar-refractivity contribution in [3.63, 3.8) is 0 Å². The Hall–Kier alpha value is -0.500. The average molecular weight is 285 g/mol. The van der Waals surface area contributed by atoms with Crippen LogP contribution in [-0.4, -0.2) is 6.61 Å². The summed E-state index contributed by atoms with van der Waals surface area (Å²) in [5, 5.41) is 0. The number of hydrogen-bond acceptors (Lipinski definition) is 1. The molecule has 0 saturated carbocycles. The standard InChI is InChI=1S/C14H21BrO/c1-3-5-11-16-13-9-7-12(8-10-13)14(15)6-4-2/h7-10,14H,3-6,11H2,1-2H3. The normalized spacial score (nSPS) is 12.4. The van der Waals surface area contributed by atoms with Gasteiger partial charge >= 0.3 is 0 Å². The van der Waals surface area contributed by atoms with E-state index in [4.69, 9.17) is 4.74 Å². The molecule has 2 heteroatoms. The van der Waals surface area contributed by atoms with Crippen molar-refractivity contribution in [1.82, 2.24) is 0 Å². The third-order valence-electron chi connectivity index (χ3n) is 2.55. The molecule has 0 radical (unpaired) electrons. The first-order valence-corrected chi connectivity index (χ1v) is 7.06. The van der Waals surface area contributed by atoms with Gasteiger partial charge in [-0.3, -0.25) is 0 Å². The number of unbranched alkanes of at least 4 members (excludes halogenated alkanes) is 1. The SMILES string of the molecule is CCCCOc1ccc(C(Br)CCC)cc1. The molecule has 0 bridgehead atoms. The molecule has 0 aliphatic rings. The van der Waals surface area contributed by atoms with Gasteiger partial charge in [-0.15, -0.1) is 0 Å². The zero-order valence-corrected chi connectivity index (χ0v) is 11.8. The second-order valence-electron chi connectivity index (χ2n) is 4.03. The minimum Gasteiger partial charge on any atom is -0.494 e. The fourth-order valence-electron chi connectivity index (χ4n) is 1.53. The van der Waals surface area contributed by atoms with Crippen LogP contribution in [0.25, 0.3) is 0 Å². The lowest BCUT2D eigenvalue weighted by Gasteiger charge is -2.10. The lowest BCUT2D eigenvalue weighted by molar-refractivity contribution is 0.309. The van der Waals surface area contributed by atoms with Crippen LogP contribution in [0.3, 0.4) is 0 Å². The molecule has 90 valence electrons. The highest BCUT2D eigenvalue weighted by Crippen LogP contribution is 2.28. The molecule has 0 N–H and O–H groups in total. The Bertz CT molecular complexity index is 281. The molecule has 0 fully saturated rings. The van der Waals surface area contributed by atoms with E-state index >= 15 is 0 Å². The monoisotopic (exact) mass is 284 g/mol. The Labute approximate surface area is 107 Å². The third kappa shape index (κ3) is 4.56. The van der Waals surface area contributed by atoms with Crippen molar-refractivity contribution in [1.29, 1.82) is 0 Å². The Morgan fingerprint density at radius 2 is 1.81 bits per heavy atom. The molecule has 1 atom stereocenters. The molecule has 0 heterocycles. The highest BCUT2D eigenvalue weighted by atomic mass is 79.9. The van der Waals surface area contributed by atoms with Gasteiger partial charge in [0, 0.05) is 4.83 Å². The topological polar surface area (TPSA) is 9.23 Å². The molecule has 1 aromatic carbocycles. The van der Waals surface area contributed by atoms with Gasteiger partial charge in [-0.25, -0.2) is 0 Å².